The molecule has 1 aromatic carbocycles. The number of carbonyl (C=O) groups excluding carboxylic acids is 1. The second-order valence-corrected chi connectivity index (χ2v) is 4.47. The van der Waals surface area contributed by atoms with Gasteiger partial charge in [-0.2, -0.15) is 0 Å². The van der Waals surface area contributed by atoms with Gasteiger partial charge in [-0.3, -0.25) is 0 Å². The molecule has 0 amide bonds. The standard InChI is InChI=1S/C17H22O2/c1-3-5-12-16(9-4-2)19-17(18)14-13-15-10-7-6-8-11-15/h4,6-8,10-11,13-14,16H,2-3,5,9,12H2,1H3. The summed E-state index contributed by atoms with van der Waals surface area (Å²) in [6.07, 6.45) is 8.78. The third-order valence-corrected chi connectivity index (χ3v) is 2.80. The van der Waals surface area contributed by atoms with E-state index in [9.17, 15) is 4.79 Å². The Morgan fingerprint density at radius 3 is 2.74 bits per heavy atom. The third kappa shape index (κ3) is 6.61. The van der Waals surface area contributed by atoms with Crippen molar-refractivity contribution in [1.29, 1.82) is 0 Å². The molecule has 1 rings (SSSR count). The van der Waals surface area contributed by atoms with Gasteiger partial charge in [0.25, 0.3) is 0 Å². The highest BCUT2D eigenvalue weighted by molar-refractivity contribution is 5.87. The normalized spacial score (nSPS) is 12.3. The van der Waals surface area contributed by atoms with Gasteiger partial charge in [-0.05, 0) is 18.1 Å². The molecule has 102 valence electrons. The molecular weight excluding hydrogens is 236 g/mol. The molecule has 0 N–H and O–H groups in total. The molecule has 0 heterocycles. The van der Waals surface area contributed by atoms with Crippen LogP contribution < -0.4 is 0 Å². The summed E-state index contributed by atoms with van der Waals surface area (Å²) in [6, 6.07) is 9.71. The Kier molecular flexibility index (Phi) is 7.33. The highest BCUT2D eigenvalue weighted by atomic mass is 16.5. The van der Waals surface area contributed by atoms with Crippen LogP contribution in [0.25, 0.3) is 6.08 Å². The maximum atomic E-state index is 11.7. The lowest BCUT2D eigenvalue weighted by Gasteiger charge is -2.14. The van der Waals surface area contributed by atoms with Crippen LogP contribution in [0.1, 0.15) is 38.2 Å². The quantitative estimate of drug-likeness (QED) is 0.393. The van der Waals surface area contributed by atoms with Gasteiger partial charge in [0.1, 0.15) is 6.10 Å². The summed E-state index contributed by atoms with van der Waals surface area (Å²) in [4.78, 5) is 11.7. The molecule has 0 fully saturated rings. The van der Waals surface area contributed by atoms with Crippen LogP contribution >= 0.6 is 0 Å². The van der Waals surface area contributed by atoms with Crippen molar-refractivity contribution in [3.8, 4) is 0 Å². The van der Waals surface area contributed by atoms with E-state index in [1.54, 1.807) is 12.2 Å². The van der Waals surface area contributed by atoms with Crippen molar-refractivity contribution in [3.05, 3.63) is 54.6 Å². The molecule has 2 heteroatoms. The van der Waals surface area contributed by atoms with Gasteiger partial charge < -0.3 is 4.74 Å². The van der Waals surface area contributed by atoms with Gasteiger partial charge >= 0.3 is 5.97 Å². The lowest BCUT2D eigenvalue weighted by molar-refractivity contribution is -0.143. The molecule has 0 saturated carbocycles. The third-order valence-electron chi connectivity index (χ3n) is 2.80. The fourth-order valence-electron chi connectivity index (χ4n) is 1.77. The molecule has 19 heavy (non-hydrogen) atoms. The predicted molar refractivity (Wildman–Crippen MR) is 79.7 cm³/mol. The predicted octanol–water partition coefficient (Wildman–Crippen LogP) is 4.38. The number of rotatable bonds is 8. The molecule has 1 unspecified atom stereocenters. The highest BCUT2D eigenvalue weighted by Gasteiger charge is 2.10. The van der Waals surface area contributed by atoms with Gasteiger partial charge in [0.15, 0.2) is 0 Å². The zero-order chi connectivity index (χ0) is 13.9. The summed E-state index contributed by atoms with van der Waals surface area (Å²) >= 11 is 0. The minimum atomic E-state index is -0.285. The summed E-state index contributed by atoms with van der Waals surface area (Å²) < 4.78 is 5.42. The van der Waals surface area contributed by atoms with Crippen LogP contribution in [0.2, 0.25) is 0 Å². The summed E-state index contributed by atoms with van der Waals surface area (Å²) in [6.45, 7) is 5.83. The minimum absolute atomic E-state index is 0.0506. The van der Waals surface area contributed by atoms with Crippen molar-refractivity contribution < 1.29 is 9.53 Å². The highest BCUT2D eigenvalue weighted by Crippen LogP contribution is 2.10. The molecule has 0 aromatic heterocycles. The Bertz CT molecular complexity index is 407. The second kappa shape index (κ2) is 9.15. The Hall–Kier alpha value is -1.83. The van der Waals surface area contributed by atoms with Crippen LogP contribution in [0.3, 0.4) is 0 Å². The second-order valence-electron chi connectivity index (χ2n) is 4.47. The number of esters is 1. The van der Waals surface area contributed by atoms with E-state index in [1.165, 1.54) is 6.08 Å². The fraction of sp³-hybridized carbons (Fsp3) is 0.353. The molecule has 0 aliphatic rings. The Labute approximate surface area is 115 Å². The molecule has 0 radical (unpaired) electrons. The summed E-state index contributed by atoms with van der Waals surface area (Å²) in [5.74, 6) is -0.285. The first kappa shape index (κ1) is 15.2. The summed E-state index contributed by atoms with van der Waals surface area (Å²) in [5, 5.41) is 0. The van der Waals surface area contributed by atoms with Gasteiger partial charge in [-0.1, -0.05) is 56.2 Å². The lowest BCUT2D eigenvalue weighted by atomic mass is 10.1. The first-order valence-corrected chi connectivity index (χ1v) is 6.81. The van der Waals surface area contributed by atoms with Crippen molar-refractivity contribution in [3.63, 3.8) is 0 Å². The smallest absolute Gasteiger partial charge is 0.331 e. The first-order chi connectivity index (χ1) is 9.26. The molecule has 0 aliphatic heterocycles. The largest absolute Gasteiger partial charge is 0.459 e. The first-order valence-electron chi connectivity index (χ1n) is 6.81. The van der Waals surface area contributed by atoms with Crippen LogP contribution in [0.4, 0.5) is 0 Å². The van der Waals surface area contributed by atoms with Gasteiger partial charge in [0.2, 0.25) is 0 Å². The molecule has 1 atom stereocenters. The van der Waals surface area contributed by atoms with E-state index in [0.717, 1.165) is 24.8 Å². The number of hydrogen-bond donors (Lipinski definition) is 0. The van der Waals surface area contributed by atoms with Gasteiger partial charge in [0.05, 0.1) is 0 Å². The number of ether oxygens (including phenoxy) is 1. The Morgan fingerprint density at radius 2 is 2.11 bits per heavy atom. The van der Waals surface area contributed by atoms with E-state index in [0.29, 0.717) is 6.42 Å². The van der Waals surface area contributed by atoms with Crippen molar-refractivity contribution >= 4 is 12.0 Å². The molecule has 0 aliphatic carbocycles. The van der Waals surface area contributed by atoms with Crippen molar-refractivity contribution in [1.82, 2.24) is 0 Å². The fourth-order valence-corrected chi connectivity index (χ4v) is 1.77. The maximum Gasteiger partial charge on any atom is 0.331 e. The summed E-state index contributed by atoms with van der Waals surface area (Å²) in [7, 11) is 0. The monoisotopic (exact) mass is 258 g/mol. The number of hydrogen-bond acceptors (Lipinski definition) is 2. The number of unbranched alkanes of at least 4 members (excludes halogenated alkanes) is 1. The van der Waals surface area contributed by atoms with Crippen LogP contribution in [-0.4, -0.2) is 12.1 Å². The van der Waals surface area contributed by atoms with Crippen molar-refractivity contribution in [2.75, 3.05) is 0 Å². The average molecular weight is 258 g/mol. The van der Waals surface area contributed by atoms with Crippen LogP contribution in [0.5, 0.6) is 0 Å². The zero-order valence-corrected chi connectivity index (χ0v) is 11.5. The average Bonchev–Trinajstić information content (AvgIpc) is 2.44. The van der Waals surface area contributed by atoms with Crippen molar-refractivity contribution in [2.24, 2.45) is 0 Å². The molecule has 1 aromatic rings. The van der Waals surface area contributed by atoms with E-state index >= 15 is 0 Å². The molecule has 2 nitrogen and oxygen atoms in total. The van der Waals surface area contributed by atoms with Gasteiger partial charge in [-0.15, -0.1) is 6.58 Å². The van der Waals surface area contributed by atoms with Gasteiger partial charge in [-0.25, -0.2) is 4.79 Å². The number of carbonyl (C=O) groups is 1. The lowest BCUT2D eigenvalue weighted by Crippen LogP contribution is -2.16. The SMILES string of the molecule is C=CCC(CCCC)OC(=O)C=Cc1ccccc1. The zero-order valence-electron chi connectivity index (χ0n) is 11.5. The van der Waals surface area contributed by atoms with Crippen LogP contribution in [0, 0.1) is 0 Å². The Balaban J connectivity index is 2.47. The minimum Gasteiger partial charge on any atom is -0.459 e. The van der Waals surface area contributed by atoms with E-state index in [-0.39, 0.29) is 12.1 Å². The van der Waals surface area contributed by atoms with Crippen molar-refractivity contribution in [2.45, 2.75) is 38.7 Å². The van der Waals surface area contributed by atoms with E-state index in [4.69, 9.17) is 4.74 Å². The van der Waals surface area contributed by atoms with Crippen LogP contribution in [-0.2, 0) is 9.53 Å². The van der Waals surface area contributed by atoms with Crippen LogP contribution in [0.15, 0.2) is 49.1 Å². The van der Waals surface area contributed by atoms with E-state index < -0.39 is 0 Å². The topological polar surface area (TPSA) is 26.3 Å². The molecule has 0 saturated heterocycles. The maximum absolute atomic E-state index is 11.7. The van der Waals surface area contributed by atoms with E-state index in [1.807, 2.05) is 30.3 Å². The molecule has 0 spiro atoms. The van der Waals surface area contributed by atoms with E-state index in [2.05, 4.69) is 13.5 Å². The van der Waals surface area contributed by atoms with Gasteiger partial charge in [0, 0.05) is 12.5 Å². The molecule has 0 bridgehead atoms. The summed E-state index contributed by atoms with van der Waals surface area (Å²) in [5.41, 5.74) is 0.994. The molecular formula is C17H22O2. The number of benzene rings is 1. The Morgan fingerprint density at radius 1 is 1.37 bits per heavy atom.